The van der Waals surface area contributed by atoms with E-state index in [4.69, 9.17) is 4.42 Å². The van der Waals surface area contributed by atoms with E-state index in [0.29, 0.717) is 36.6 Å². The smallest absolute Gasteiger partial charge is 0.321 e. The highest BCUT2D eigenvalue weighted by atomic mass is 16.3. The molecule has 1 fully saturated rings. The first kappa shape index (κ1) is 19.5. The van der Waals surface area contributed by atoms with Crippen LogP contribution in [0.4, 0.5) is 16.3 Å². The molecule has 3 amide bonds. The summed E-state index contributed by atoms with van der Waals surface area (Å²) in [6, 6.07) is 16.1. The fraction of sp³-hybridized carbons (Fsp3) is 0.227. The third kappa shape index (κ3) is 4.78. The minimum absolute atomic E-state index is 0.177. The van der Waals surface area contributed by atoms with Gasteiger partial charge in [0.25, 0.3) is 5.91 Å². The van der Waals surface area contributed by atoms with Crippen molar-refractivity contribution in [2.24, 2.45) is 0 Å². The summed E-state index contributed by atoms with van der Waals surface area (Å²) in [4.78, 5) is 33.3. The van der Waals surface area contributed by atoms with E-state index in [0.717, 1.165) is 18.9 Å². The molecule has 0 aliphatic carbocycles. The molecule has 3 heterocycles. The third-order valence-corrected chi connectivity index (χ3v) is 4.92. The van der Waals surface area contributed by atoms with E-state index in [1.807, 2.05) is 18.2 Å². The van der Waals surface area contributed by atoms with Crippen LogP contribution in [0.1, 0.15) is 16.1 Å². The van der Waals surface area contributed by atoms with Crippen molar-refractivity contribution in [2.45, 2.75) is 6.54 Å². The minimum atomic E-state index is -0.230. The Bertz CT molecular complexity index is 983. The lowest BCUT2D eigenvalue weighted by molar-refractivity contribution is 0.0948. The molecule has 8 nitrogen and oxygen atoms in total. The summed E-state index contributed by atoms with van der Waals surface area (Å²) in [5.74, 6) is 1.37. The van der Waals surface area contributed by atoms with Gasteiger partial charge in [0.1, 0.15) is 11.6 Å². The predicted molar refractivity (Wildman–Crippen MR) is 113 cm³/mol. The summed E-state index contributed by atoms with van der Waals surface area (Å²) in [7, 11) is 0. The fourth-order valence-corrected chi connectivity index (χ4v) is 3.30. The lowest BCUT2D eigenvalue weighted by Crippen LogP contribution is -2.50. The number of hydrogen-bond donors (Lipinski definition) is 2. The number of pyridine rings is 1. The Labute approximate surface area is 174 Å². The zero-order chi connectivity index (χ0) is 20.8. The van der Waals surface area contributed by atoms with Crippen LogP contribution in [-0.2, 0) is 6.54 Å². The van der Waals surface area contributed by atoms with E-state index in [-0.39, 0.29) is 11.9 Å². The minimum Gasteiger partial charge on any atom is -0.467 e. The Hall–Kier alpha value is -3.81. The average Bonchev–Trinajstić information content (AvgIpc) is 3.32. The molecule has 0 bridgehead atoms. The highest BCUT2D eigenvalue weighted by Gasteiger charge is 2.22. The molecule has 1 aliphatic heterocycles. The largest absolute Gasteiger partial charge is 0.467 e. The van der Waals surface area contributed by atoms with Crippen molar-refractivity contribution in [1.82, 2.24) is 15.2 Å². The number of carbonyl (C=O) groups excluding carboxylic acids is 2. The van der Waals surface area contributed by atoms with Crippen molar-refractivity contribution in [3.63, 3.8) is 0 Å². The average molecular weight is 405 g/mol. The van der Waals surface area contributed by atoms with Gasteiger partial charge in [-0.05, 0) is 42.5 Å². The molecule has 8 heteroatoms. The van der Waals surface area contributed by atoms with Gasteiger partial charge in [-0.25, -0.2) is 9.78 Å². The highest BCUT2D eigenvalue weighted by molar-refractivity contribution is 5.96. The maximum Gasteiger partial charge on any atom is 0.321 e. The number of furan rings is 1. The van der Waals surface area contributed by atoms with Crippen LogP contribution in [0.2, 0.25) is 0 Å². The molecule has 0 atom stereocenters. The second-order valence-electron chi connectivity index (χ2n) is 6.94. The van der Waals surface area contributed by atoms with Gasteiger partial charge in [0.15, 0.2) is 0 Å². The summed E-state index contributed by atoms with van der Waals surface area (Å²) >= 11 is 0. The number of rotatable bonds is 5. The predicted octanol–water partition coefficient (Wildman–Crippen LogP) is 2.96. The highest BCUT2D eigenvalue weighted by Crippen LogP contribution is 2.15. The number of anilines is 2. The lowest BCUT2D eigenvalue weighted by Gasteiger charge is -2.35. The lowest BCUT2D eigenvalue weighted by atomic mass is 10.2. The number of benzene rings is 1. The van der Waals surface area contributed by atoms with Crippen molar-refractivity contribution < 1.29 is 14.0 Å². The van der Waals surface area contributed by atoms with Crippen LogP contribution in [0.3, 0.4) is 0 Å². The second kappa shape index (κ2) is 9.13. The monoisotopic (exact) mass is 405 g/mol. The van der Waals surface area contributed by atoms with Gasteiger partial charge in [-0.15, -0.1) is 0 Å². The number of nitrogens with zero attached hydrogens (tertiary/aromatic N) is 3. The number of nitrogens with one attached hydrogen (secondary N) is 2. The van der Waals surface area contributed by atoms with Crippen LogP contribution >= 0.6 is 0 Å². The molecule has 3 aromatic rings. The number of carbonyl (C=O) groups is 2. The summed E-state index contributed by atoms with van der Waals surface area (Å²) < 4.78 is 5.21. The van der Waals surface area contributed by atoms with Gasteiger partial charge in [-0.3, -0.25) is 4.79 Å². The van der Waals surface area contributed by atoms with Gasteiger partial charge in [0, 0.05) is 43.6 Å². The summed E-state index contributed by atoms with van der Waals surface area (Å²) in [5.41, 5.74) is 1.05. The number of piperazine rings is 1. The Kier molecular flexibility index (Phi) is 5.93. The molecule has 0 saturated carbocycles. The van der Waals surface area contributed by atoms with Crippen LogP contribution in [-0.4, -0.2) is 48.0 Å². The van der Waals surface area contributed by atoms with E-state index < -0.39 is 0 Å². The maximum absolute atomic E-state index is 12.6. The molecule has 0 radical (unpaired) electrons. The first-order valence-electron chi connectivity index (χ1n) is 9.81. The second-order valence-corrected chi connectivity index (χ2v) is 6.94. The van der Waals surface area contributed by atoms with Gasteiger partial charge in [-0.2, -0.15) is 0 Å². The van der Waals surface area contributed by atoms with E-state index >= 15 is 0 Å². The van der Waals surface area contributed by atoms with E-state index in [9.17, 15) is 9.59 Å². The van der Waals surface area contributed by atoms with Gasteiger partial charge in [0.2, 0.25) is 0 Å². The van der Waals surface area contributed by atoms with Crippen LogP contribution in [0.25, 0.3) is 0 Å². The van der Waals surface area contributed by atoms with Crippen LogP contribution in [0, 0.1) is 0 Å². The molecule has 0 unspecified atom stereocenters. The van der Waals surface area contributed by atoms with E-state index in [1.54, 1.807) is 53.8 Å². The Morgan fingerprint density at radius 2 is 1.87 bits per heavy atom. The topological polar surface area (TPSA) is 90.7 Å². The molecule has 1 aromatic carbocycles. The molecule has 154 valence electrons. The van der Waals surface area contributed by atoms with Crippen LogP contribution < -0.4 is 15.5 Å². The molecule has 2 N–H and O–H groups in total. The van der Waals surface area contributed by atoms with Crippen molar-refractivity contribution in [1.29, 1.82) is 0 Å². The van der Waals surface area contributed by atoms with Crippen molar-refractivity contribution in [3.05, 3.63) is 78.4 Å². The van der Waals surface area contributed by atoms with Gasteiger partial charge >= 0.3 is 6.03 Å². The maximum atomic E-state index is 12.6. The summed E-state index contributed by atoms with van der Waals surface area (Å²) in [6.45, 7) is 2.96. The Morgan fingerprint density at radius 3 is 2.60 bits per heavy atom. The van der Waals surface area contributed by atoms with Crippen LogP contribution in [0.5, 0.6) is 0 Å². The first-order chi connectivity index (χ1) is 14.7. The molecule has 1 saturated heterocycles. The molecular weight excluding hydrogens is 382 g/mol. The number of aromatic nitrogens is 1. The first-order valence-corrected chi connectivity index (χ1v) is 9.81. The van der Waals surface area contributed by atoms with E-state index in [2.05, 4.69) is 20.5 Å². The molecule has 1 aliphatic rings. The van der Waals surface area contributed by atoms with E-state index in [1.165, 1.54) is 0 Å². The van der Waals surface area contributed by atoms with Crippen LogP contribution in [0.15, 0.2) is 71.5 Å². The van der Waals surface area contributed by atoms with Gasteiger partial charge < -0.3 is 24.9 Å². The van der Waals surface area contributed by atoms with Crippen molar-refractivity contribution in [3.8, 4) is 0 Å². The SMILES string of the molecule is O=C(NCc1ccco1)c1cccc(NC(=O)N2CCN(c3ccccn3)CC2)c1. The Balaban J connectivity index is 1.30. The standard InChI is InChI=1S/C22H23N5O3/c28-21(24-16-19-7-4-14-30-19)17-5-3-6-18(15-17)25-22(29)27-12-10-26(11-13-27)20-8-1-2-9-23-20/h1-9,14-15H,10-13,16H2,(H,24,28)(H,25,29). The number of urea groups is 1. The summed E-state index contributed by atoms with van der Waals surface area (Å²) in [6.07, 6.45) is 3.33. The number of amides is 3. The van der Waals surface area contributed by atoms with Crippen molar-refractivity contribution in [2.75, 3.05) is 36.4 Å². The Morgan fingerprint density at radius 1 is 1.00 bits per heavy atom. The fourth-order valence-electron chi connectivity index (χ4n) is 3.30. The normalized spacial score (nSPS) is 13.7. The zero-order valence-electron chi connectivity index (χ0n) is 16.5. The van der Waals surface area contributed by atoms with Gasteiger partial charge in [-0.1, -0.05) is 12.1 Å². The zero-order valence-corrected chi connectivity index (χ0v) is 16.5. The van der Waals surface area contributed by atoms with Crippen molar-refractivity contribution >= 4 is 23.4 Å². The molecule has 2 aromatic heterocycles. The quantitative estimate of drug-likeness (QED) is 0.681. The summed E-state index contributed by atoms with van der Waals surface area (Å²) in [5, 5.41) is 5.68. The molecule has 4 rings (SSSR count). The number of hydrogen-bond acceptors (Lipinski definition) is 5. The molecular formula is C22H23N5O3. The van der Waals surface area contributed by atoms with Gasteiger partial charge in [0.05, 0.1) is 12.8 Å². The molecule has 30 heavy (non-hydrogen) atoms. The molecule has 0 spiro atoms. The third-order valence-electron chi connectivity index (χ3n) is 4.92.